The third kappa shape index (κ3) is 2.45. The minimum absolute atomic E-state index is 0.205. The number of hydrogen-bond acceptors (Lipinski definition) is 4. The van der Waals surface area contributed by atoms with Crippen molar-refractivity contribution in [3.8, 4) is 0 Å². The van der Waals surface area contributed by atoms with Gasteiger partial charge in [-0.25, -0.2) is 4.98 Å². The molecule has 0 spiro atoms. The number of nitrogens with zero attached hydrogens (tertiary/aromatic N) is 1. The molecule has 16 heavy (non-hydrogen) atoms. The monoisotopic (exact) mass is 250 g/mol. The molecule has 0 fully saturated rings. The summed E-state index contributed by atoms with van der Waals surface area (Å²) in [5, 5.41) is 6.42. The second kappa shape index (κ2) is 5.48. The van der Waals surface area contributed by atoms with E-state index in [0.29, 0.717) is 0 Å². The maximum absolute atomic E-state index is 4.36. The van der Waals surface area contributed by atoms with Gasteiger partial charge in [0.15, 0.2) is 0 Å². The minimum Gasteiger partial charge on any atom is -0.307 e. The van der Waals surface area contributed by atoms with Crippen LogP contribution in [0.2, 0.25) is 0 Å². The lowest BCUT2D eigenvalue weighted by atomic mass is 10.1. The number of benzene rings is 1. The molecule has 2 rings (SSSR count). The predicted octanol–water partition coefficient (Wildman–Crippen LogP) is 3.17. The second-order valence-electron chi connectivity index (χ2n) is 3.37. The van der Waals surface area contributed by atoms with E-state index in [0.717, 1.165) is 5.01 Å². The SMILES string of the molecule is CNC(c1ccc(SC)cc1)c1nccs1. The van der Waals surface area contributed by atoms with Gasteiger partial charge in [-0.1, -0.05) is 12.1 Å². The van der Waals surface area contributed by atoms with Crippen molar-refractivity contribution in [2.45, 2.75) is 10.9 Å². The Morgan fingerprint density at radius 2 is 2.06 bits per heavy atom. The quantitative estimate of drug-likeness (QED) is 0.844. The van der Waals surface area contributed by atoms with Crippen LogP contribution in [0.25, 0.3) is 0 Å². The summed E-state index contributed by atoms with van der Waals surface area (Å²) in [4.78, 5) is 5.65. The molecule has 0 aliphatic carbocycles. The van der Waals surface area contributed by atoms with Crippen molar-refractivity contribution in [2.24, 2.45) is 0 Å². The molecule has 1 N–H and O–H groups in total. The molecule has 0 saturated carbocycles. The average molecular weight is 250 g/mol. The predicted molar refractivity (Wildman–Crippen MR) is 71.2 cm³/mol. The van der Waals surface area contributed by atoms with Gasteiger partial charge in [-0.3, -0.25) is 0 Å². The lowest BCUT2D eigenvalue weighted by Crippen LogP contribution is -2.17. The largest absolute Gasteiger partial charge is 0.307 e. The fraction of sp³-hybridized carbons (Fsp3) is 0.250. The van der Waals surface area contributed by atoms with Crippen molar-refractivity contribution >= 4 is 23.1 Å². The molecule has 0 bridgehead atoms. The Hall–Kier alpha value is -0.840. The van der Waals surface area contributed by atoms with Crippen LogP contribution < -0.4 is 5.32 Å². The summed E-state index contributed by atoms with van der Waals surface area (Å²) in [6, 6.07) is 8.83. The van der Waals surface area contributed by atoms with Crippen LogP contribution >= 0.6 is 23.1 Å². The molecule has 1 aromatic carbocycles. The third-order valence-corrected chi connectivity index (χ3v) is 4.02. The number of thioether (sulfide) groups is 1. The molecule has 0 aliphatic rings. The van der Waals surface area contributed by atoms with Gasteiger partial charge in [0, 0.05) is 16.5 Å². The Bertz CT molecular complexity index is 423. The molecule has 1 unspecified atom stereocenters. The summed E-state index contributed by atoms with van der Waals surface area (Å²) in [6.07, 6.45) is 3.94. The molecular formula is C12H14N2S2. The van der Waals surface area contributed by atoms with E-state index < -0.39 is 0 Å². The van der Waals surface area contributed by atoms with Gasteiger partial charge in [0.25, 0.3) is 0 Å². The summed E-state index contributed by atoms with van der Waals surface area (Å²) < 4.78 is 0. The van der Waals surface area contributed by atoms with Crippen LogP contribution in [0, 0.1) is 0 Å². The summed E-state index contributed by atoms with van der Waals surface area (Å²) in [5.74, 6) is 0. The fourth-order valence-corrected chi connectivity index (χ4v) is 2.79. The van der Waals surface area contributed by atoms with Crippen LogP contribution in [0.3, 0.4) is 0 Å². The van der Waals surface area contributed by atoms with Gasteiger partial charge in [-0.2, -0.15) is 0 Å². The van der Waals surface area contributed by atoms with Crippen molar-refractivity contribution in [3.05, 3.63) is 46.4 Å². The van der Waals surface area contributed by atoms with Crippen LogP contribution in [0.5, 0.6) is 0 Å². The number of rotatable bonds is 4. The first kappa shape index (κ1) is 11.6. The Labute approximate surface area is 104 Å². The molecule has 1 atom stereocenters. The zero-order valence-electron chi connectivity index (χ0n) is 9.31. The summed E-state index contributed by atoms with van der Waals surface area (Å²) >= 11 is 3.44. The Balaban J connectivity index is 2.27. The highest BCUT2D eigenvalue weighted by atomic mass is 32.2. The summed E-state index contributed by atoms with van der Waals surface area (Å²) in [6.45, 7) is 0. The van der Waals surface area contributed by atoms with Gasteiger partial charge in [0.05, 0.1) is 6.04 Å². The first-order valence-corrected chi connectivity index (χ1v) is 7.16. The van der Waals surface area contributed by atoms with Gasteiger partial charge < -0.3 is 5.32 Å². The first-order chi connectivity index (χ1) is 7.85. The van der Waals surface area contributed by atoms with Crippen molar-refractivity contribution in [1.29, 1.82) is 0 Å². The number of nitrogens with one attached hydrogen (secondary N) is 1. The minimum atomic E-state index is 0.205. The highest BCUT2D eigenvalue weighted by Crippen LogP contribution is 2.25. The van der Waals surface area contributed by atoms with E-state index in [1.54, 1.807) is 23.1 Å². The van der Waals surface area contributed by atoms with Crippen molar-refractivity contribution in [3.63, 3.8) is 0 Å². The van der Waals surface area contributed by atoms with E-state index >= 15 is 0 Å². The standard InChI is InChI=1S/C12H14N2S2/c1-13-11(12-14-7-8-16-12)9-3-5-10(15-2)6-4-9/h3-8,11,13H,1-2H3. The van der Waals surface area contributed by atoms with Gasteiger partial charge in [-0.05, 0) is 31.0 Å². The van der Waals surface area contributed by atoms with E-state index in [2.05, 4.69) is 40.8 Å². The highest BCUT2D eigenvalue weighted by Gasteiger charge is 2.13. The van der Waals surface area contributed by atoms with Crippen LogP contribution in [0.15, 0.2) is 40.7 Å². The van der Waals surface area contributed by atoms with Crippen molar-refractivity contribution in [2.75, 3.05) is 13.3 Å². The molecule has 0 amide bonds. The van der Waals surface area contributed by atoms with Crippen LogP contribution in [-0.4, -0.2) is 18.3 Å². The molecule has 1 heterocycles. The molecule has 0 saturated heterocycles. The normalized spacial score (nSPS) is 12.6. The van der Waals surface area contributed by atoms with E-state index in [1.165, 1.54) is 10.5 Å². The van der Waals surface area contributed by atoms with Crippen LogP contribution in [-0.2, 0) is 0 Å². The molecule has 2 aromatic rings. The zero-order chi connectivity index (χ0) is 11.4. The van der Waals surface area contributed by atoms with Crippen LogP contribution in [0.1, 0.15) is 16.6 Å². The van der Waals surface area contributed by atoms with Crippen molar-refractivity contribution in [1.82, 2.24) is 10.3 Å². The van der Waals surface area contributed by atoms with E-state index in [-0.39, 0.29) is 6.04 Å². The summed E-state index contributed by atoms with van der Waals surface area (Å²) in [5.41, 5.74) is 1.26. The molecule has 0 aliphatic heterocycles. The fourth-order valence-electron chi connectivity index (χ4n) is 1.61. The number of aromatic nitrogens is 1. The van der Waals surface area contributed by atoms with Crippen LogP contribution in [0.4, 0.5) is 0 Å². The smallest absolute Gasteiger partial charge is 0.114 e. The van der Waals surface area contributed by atoms with Gasteiger partial charge >= 0.3 is 0 Å². The maximum atomic E-state index is 4.36. The van der Waals surface area contributed by atoms with E-state index in [1.807, 2.05) is 18.6 Å². The molecule has 2 nitrogen and oxygen atoms in total. The Kier molecular flexibility index (Phi) is 3.98. The molecule has 0 radical (unpaired) electrons. The van der Waals surface area contributed by atoms with Gasteiger partial charge in [0.1, 0.15) is 5.01 Å². The van der Waals surface area contributed by atoms with E-state index in [9.17, 15) is 0 Å². The lowest BCUT2D eigenvalue weighted by molar-refractivity contribution is 0.686. The highest BCUT2D eigenvalue weighted by molar-refractivity contribution is 7.98. The first-order valence-electron chi connectivity index (χ1n) is 5.05. The molecule has 1 aromatic heterocycles. The molecule has 4 heteroatoms. The number of thiazole rings is 1. The Morgan fingerprint density at radius 1 is 1.31 bits per heavy atom. The zero-order valence-corrected chi connectivity index (χ0v) is 10.9. The molecular weight excluding hydrogens is 236 g/mol. The van der Waals surface area contributed by atoms with Crippen molar-refractivity contribution < 1.29 is 0 Å². The maximum Gasteiger partial charge on any atom is 0.114 e. The molecule has 84 valence electrons. The second-order valence-corrected chi connectivity index (χ2v) is 5.17. The number of hydrogen-bond donors (Lipinski definition) is 1. The van der Waals surface area contributed by atoms with Gasteiger partial charge in [0.2, 0.25) is 0 Å². The summed E-state index contributed by atoms with van der Waals surface area (Å²) in [7, 11) is 1.97. The third-order valence-electron chi connectivity index (χ3n) is 2.44. The van der Waals surface area contributed by atoms with Gasteiger partial charge in [-0.15, -0.1) is 23.1 Å². The lowest BCUT2D eigenvalue weighted by Gasteiger charge is -2.14. The van der Waals surface area contributed by atoms with E-state index in [4.69, 9.17) is 0 Å². The topological polar surface area (TPSA) is 24.9 Å². The average Bonchev–Trinajstić information content (AvgIpc) is 2.85. The Morgan fingerprint density at radius 3 is 2.56 bits per heavy atom.